The molecule has 0 bridgehead atoms. The highest BCUT2D eigenvalue weighted by Crippen LogP contribution is 2.22. The molecule has 35 heavy (non-hydrogen) atoms. The molecule has 0 heterocycles. The lowest BCUT2D eigenvalue weighted by Crippen LogP contribution is -2.52. The first-order valence-corrected chi connectivity index (χ1v) is 12.6. The van der Waals surface area contributed by atoms with Crippen LogP contribution in [0.3, 0.4) is 0 Å². The molecule has 3 aromatic rings. The van der Waals surface area contributed by atoms with Gasteiger partial charge in [-0.1, -0.05) is 76.1 Å². The Kier molecular flexibility index (Phi) is 9.49. The second-order valence-electron chi connectivity index (χ2n) is 9.08. The Morgan fingerprint density at radius 2 is 1.66 bits per heavy atom. The van der Waals surface area contributed by atoms with Gasteiger partial charge in [-0.2, -0.15) is 0 Å². The molecule has 0 unspecified atom stereocenters. The van der Waals surface area contributed by atoms with Crippen molar-refractivity contribution in [1.82, 2.24) is 10.2 Å². The molecule has 0 saturated heterocycles. The highest BCUT2D eigenvalue weighted by molar-refractivity contribution is 9.10. The van der Waals surface area contributed by atoms with Crippen LogP contribution in [0.4, 0.5) is 0 Å². The largest absolute Gasteiger partial charge is 0.484 e. The van der Waals surface area contributed by atoms with Crippen LogP contribution in [0.5, 0.6) is 5.75 Å². The number of nitrogens with one attached hydrogen (secondary N) is 1. The summed E-state index contributed by atoms with van der Waals surface area (Å²) in [4.78, 5) is 28.6. The maximum atomic E-state index is 13.6. The van der Waals surface area contributed by atoms with Gasteiger partial charge in [-0.05, 0) is 62.6 Å². The maximum absolute atomic E-state index is 13.6. The first-order valence-electron chi connectivity index (χ1n) is 11.8. The summed E-state index contributed by atoms with van der Waals surface area (Å²) in [5, 5.41) is 3.00. The Bertz CT molecular complexity index is 1150. The van der Waals surface area contributed by atoms with Crippen molar-refractivity contribution in [2.24, 2.45) is 0 Å². The minimum atomic E-state index is -0.678. The maximum Gasteiger partial charge on any atom is 0.261 e. The molecular formula is C29H33BrN2O3. The van der Waals surface area contributed by atoms with E-state index in [1.54, 1.807) is 4.90 Å². The zero-order valence-electron chi connectivity index (χ0n) is 20.8. The predicted molar refractivity (Wildman–Crippen MR) is 143 cm³/mol. The Hall–Kier alpha value is -3.12. The summed E-state index contributed by atoms with van der Waals surface area (Å²) in [5.41, 5.74) is 4.07. The molecular weight excluding hydrogens is 504 g/mol. The van der Waals surface area contributed by atoms with Gasteiger partial charge in [0, 0.05) is 23.5 Å². The van der Waals surface area contributed by atoms with Gasteiger partial charge < -0.3 is 15.0 Å². The molecule has 1 N–H and O–H groups in total. The quantitative estimate of drug-likeness (QED) is 0.366. The Morgan fingerprint density at radius 1 is 0.943 bits per heavy atom. The number of halogens is 1. The monoisotopic (exact) mass is 536 g/mol. The van der Waals surface area contributed by atoms with E-state index in [0.29, 0.717) is 18.7 Å². The van der Waals surface area contributed by atoms with Gasteiger partial charge in [-0.3, -0.25) is 9.59 Å². The van der Waals surface area contributed by atoms with Crippen molar-refractivity contribution in [3.8, 4) is 5.75 Å². The van der Waals surface area contributed by atoms with Crippen LogP contribution in [0.2, 0.25) is 0 Å². The molecule has 184 valence electrons. The second kappa shape index (κ2) is 12.5. The van der Waals surface area contributed by atoms with E-state index < -0.39 is 6.04 Å². The van der Waals surface area contributed by atoms with E-state index in [0.717, 1.165) is 26.7 Å². The van der Waals surface area contributed by atoms with Crippen LogP contribution in [0.15, 0.2) is 77.3 Å². The van der Waals surface area contributed by atoms with Crippen molar-refractivity contribution in [2.45, 2.75) is 52.7 Å². The summed E-state index contributed by atoms with van der Waals surface area (Å²) in [7, 11) is 0. The number of nitrogens with zero attached hydrogens (tertiary/aromatic N) is 1. The van der Waals surface area contributed by atoms with Gasteiger partial charge in [0.15, 0.2) is 6.61 Å². The summed E-state index contributed by atoms with van der Waals surface area (Å²) < 4.78 is 6.84. The number of rotatable bonds is 10. The van der Waals surface area contributed by atoms with Crippen molar-refractivity contribution in [3.63, 3.8) is 0 Å². The van der Waals surface area contributed by atoms with E-state index in [9.17, 15) is 9.59 Å². The smallest absolute Gasteiger partial charge is 0.261 e. The predicted octanol–water partition coefficient (Wildman–Crippen LogP) is 5.61. The summed E-state index contributed by atoms with van der Waals surface area (Å²) in [6, 6.07) is 22.7. The lowest BCUT2D eigenvalue weighted by atomic mass is 10.0. The Morgan fingerprint density at radius 3 is 2.31 bits per heavy atom. The second-order valence-corrected chi connectivity index (χ2v) is 9.93. The Labute approximate surface area is 216 Å². The number of carbonyl (C=O) groups excluding carboxylic acids is 2. The Balaban J connectivity index is 1.91. The lowest BCUT2D eigenvalue weighted by Gasteiger charge is -2.32. The first-order chi connectivity index (χ1) is 16.7. The third-order valence-electron chi connectivity index (χ3n) is 5.63. The van der Waals surface area contributed by atoms with Crippen molar-refractivity contribution in [2.75, 3.05) is 6.61 Å². The molecule has 3 rings (SSSR count). The number of amides is 2. The van der Waals surface area contributed by atoms with Crippen LogP contribution < -0.4 is 10.1 Å². The normalized spacial score (nSPS) is 11.7. The summed E-state index contributed by atoms with van der Waals surface area (Å²) in [5.74, 6) is 0.192. The number of hydrogen-bond donors (Lipinski definition) is 1. The fraction of sp³-hybridized carbons (Fsp3) is 0.310. The molecule has 0 spiro atoms. The first kappa shape index (κ1) is 26.5. The summed E-state index contributed by atoms with van der Waals surface area (Å²) >= 11 is 3.49. The molecule has 0 aliphatic carbocycles. The molecule has 0 radical (unpaired) electrons. The van der Waals surface area contributed by atoms with Gasteiger partial charge in [0.05, 0.1) is 0 Å². The van der Waals surface area contributed by atoms with Crippen LogP contribution in [0, 0.1) is 13.8 Å². The highest BCUT2D eigenvalue weighted by atomic mass is 79.9. The molecule has 0 aliphatic heterocycles. The zero-order chi connectivity index (χ0) is 25.4. The third-order valence-corrected chi connectivity index (χ3v) is 6.52. The van der Waals surface area contributed by atoms with Gasteiger partial charge in [0.25, 0.3) is 5.91 Å². The van der Waals surface area contributed by atoms with E-state index in [2.05, 4.69) is 21.2 Å². The lowest BCUT2D eigenvalue weighted by molar-refractivity contribution is -0.143. The number of benzene rings is 3. The van der Waals surface area contributed by atoms with Crippen LogP contribution in [0.1, 0.15) is 36.1 Å². The van der Waals surface area contributed by atoms with Crippen molar-refractivity contribution in [1.29, 1.82) is 0 Å². The van der Waals surface area contributed by atoms with Crippen molar-refractivity contribution in [3.05, 3.63) is 99.5 Å². The SMILES string of the molecule is Cc1cccc(CN(C(=O)COc2ccc(Br)c(C)c2)[C@@H](Cc2ccccc2)C(=O)NC(C)C)c1. The van der Waals surface area contributed by atoms with Gasteiger partial charge in [-0.25, -0.2) is 0 Å². The molecule has 3 aromatic carbocycles. The van der Waals surface area contributed by atoms with Gasteiger partial charge in [0.2, 0.25) is 5.91 Å². The van der Waals surface area contributed by atoms with E-state index in [1.807, 2.05) is 100 Å². The third kappa shape index (κ3) is 7.96. The molecule has 0 fully saturated rings. The topological polar surface area (TPSA) is 58.6 Å². The molecule has 0 aliphatic rings. The number of hydrogen-bond acceptors (Lipinski definition) is 3. The van der Waals surface area contributed by atoms with Gasteiger partial charge >= 0.3 is 0 Å². The fourth-order valence-corrected chi connectivity index (χ4v) is 4.12. The number of carbonyl (C=O) groups is 2. The van der Waals surface area contributed by atoms with E-state index in [4.69, 9.17) is 4.74 Å². The van der Waals surface area contributed by atoms with Crippen LogP contribution in [-0.2, 0) is 22.6 Å². The highest BCUT2D eigenvalue weighted by Gasteiger charge is 2.31. The van der Waals surface area contributed by atoms with Gasteiger partial charge in [0.1, 0.15) is 11.8 Å². The van der Waals surface area contributed by atoms with Crippen molar-refractivity contribution < 1.29 is 14.3 Å². The van der Waals surface area contributed by atoms with Gasteiger partial charge in [-0.15, -0.1) is 0 Å². The fourth-order valence-electron chi connectivity index (χ4n) is 3.88. The van der Waals surface area contributed by atoms with E-state index in [1.165, 1.54) is 0 Å². The number of ether oxygens (including phenoxy) is 1. The molecule has 0 saturated carbocycles. The minimum Gasteiger partial charge on any atom is -0.484 e. The zero-order valence-corrected chi connectivity index (χ0v) is 22.3. The average molecular weight is 537 g/mol. The van der Waals surface area contributed by atoms with Crippen molar-refractivity contribution >= 4 is 27.7 Å². The standard InChI is InChI=1S/C29H33BrN2O3/c1-20(2)31-29(34)27(17-23-10-6-5-7-11-23)32(18-24-12-8-9-21(3)15-24)28(33)19-35-25-13-14-26(30)22(4)16-25/h5-16,20,27H,17-19H2,1-4H3,(H,31,34)/t27-/m0/s1. The summed E-state index contributed by atoms with van der Waals surface area (Å²) in [6.45, 7) is 7.97. The van der Waals surface area contributed by atoms with E-state index in [-0.39, 0.29) is 24.5 Å². The molecule has 6 heteroatoms. The minimum absolute atomic E-state index is 0.0429. The number of aryl methyl sites for hydroxylation is 2. The van der Waals surface area contributed by atoms with Crippen LogP contribution >= 0.6 is 15.9 Å². The van der Waals surface area contributed by atoms with E-state index >= 15 is 0 Å². The summed E-state index contributed by atoms with van der Waals surface area (Å²) in [6.07, 6.45) is 0.411. The van der Waals surface area contributed by atoms with Crippen LogP contribution in [0.25, 0.3) is 0 Å². The molecule has 0 aromatic heterocycles. The molecule has 5 nitrogen and oxygen atoms in total. The molecule has 1 atom stereocenters. The molecule has 2 amide bonds. The average Bonchev–Trinajstić information content (AvgIpc) is 2.82. The van der Waals surface area contributed by atoms with Crippen LogP contribution in [-0.4, -0.2) is 35.4 Å².